The molecule has 1 aliphatic carbocycles. The first-order valence-electron chi connectivity index (χ1n) is 10.4. The molecule has 8 heteroatoms. The van der Waals surface area contributed by atoms with Gasteiger partial charge in [0.2, 0.25) is 0 Å². The number of carbonyl (C=O) groups excluding carboxylic acids is 2. The fraction of sp³-hybridized carbons (Fsp3) is 0.619. The van der Waals surface area contributed by atoms with Crippen LogP contribution in [0.25, 0.3) is 0 Å². The van der Waals surface area contributed by atoms with Crippen LogP contribution >= 0.6 is 0 Å². The molecular weight excluding hydrogens is 375 g/mol. The first-order valence-corrected chi connectivity index (χ1v) is 10.4. The van der Waals surface area contributed by atoms with Crippen molar-refractivity contribution >= 4 is 11.9 Å². The van der Waals surface area contributed by atoms with Gasteiger partial charge in [0.25, 0.3) is 5.91 Å². The molecule has 1 spiro atoms. The molecule has 2 aliphatic heterocycles. The van der Waals surface area contributed by atoms with E-state index in [9.17, 15) is 14.0 Å². The lowest BCUT2D eigenvalue weighted by Gasteiger charge is -2.36. The zero-order valence-corrected chi connectivity index (χ0v) is 17.0. The molecule has 7 nitrogen and oxygen atoms in total. The highest BCUT2D eigenvalue weighted by Gasteiger charge is 2.51. The number of methoxy groups -OCH3 is 1. The number of hydrogen-bond acceptors (Lipinski definition) is 5. The molecule has 0 aromatic heterocycles. The van der Waals surface area contributed by atoms with Crippen LogP contribution in [-0.2, 0) is 11.3 Å². The maximum atomic E-state index is 13.6. The lowest BCUT2D eigenvalue weighted by atomic mass is 9.82. The molecule has 0 bridgehead atoms. The molecule has 29 heavy (non-hydrogen) atoms. The summed E-state index contributed by atoms with van der Waals surface area (Å²) in [5.74, 6) is 0.356. The van der Waals surface area contributed by atoms with Crippen molar-refractivity contribution in [2.24, 2.45) is 0 Å². The van der Waals surface area contributed by atoms with Gasteiger partial charge in [-0.05, 0) is 31.0 Å². The quantitative estimate of drug-likeness (QED) is 0.762. The normalized spacial score (nSPS) is 22.9. The molecule has 1 saturated carbocycles. The van der Waals surface area contributed by atoms with Crippen LogP contribution in [0.15, 0.2) is 18.2 Å². The van der Waals surface area contributed by atoms with E-state index in [0.29, 0.717) is 19.0 Å². The van der Waals surface area contributed by atoms with E-state index >= 15 is 0 Å². The number of carbonyl (C=O) groups is 2. The van der Waals surface area contributed by atoms with Crippen molar-refractivity contribution in [1.29, 1.82) is 0 Å². The number of benzene rings is 1. The summed E-state index contributed by atoms with van der Waals surface area (Å²) >= 11 is 0. The maximum Gasteiger partial charge on any atom is 0.326 e. The minimum atomic E-state index is -0.662. The highest BCUT2D eigenvalue weighted by atomic mass is 19.1. The van der Waals surface area contributed by atoms with Crippen molar-refractivity contribution in [3.63, 3.8) is 0 Å². The predicted octanol–water partition coefficient (Wildman–Crippen LogP) is 2.16. The number of piperazine rings is 1. The third-order valence-electron chi connectivity index (χ3n) is 6.40. The Kier molecular flexibility index (Phi) is 5.74. The van der Waals surface area contributed by atoms with E-state index in [-0.39, 0.29) is 17.8 Å². The number of amides is 3. The molecule has 0 atom stereocenters. The van der Waals surface area contributed by atoms with Crippen molar-refractivity contribution < 1.29 is 18.7 Å². The van der Waals surface area contributed by atoms with Gasteiger partial charge < -0.3 is 10.1 Å². The fourth-order valence-electron chi connectivity index (χ4n) is 4.70. The third kappa shape index (κ3) is 4.09. The summed E-state index contributed by atoms with van der Waals surface area (Å²) in [6.07, 6.45) is 4.60. The minimum absolute atomic E-state index is 0.0610. The second-order valence-electron chi connectivity index (χ2n) is 8.30. The number of halogens is 1. The Balaban J connectivity index is 1.32. The van der Waals surface area contributed by atoms with Crippen LogP contribution in [0.4, 0.5) is 9.18 Å². The first-order chi connectivity index (χ1) is 14.0. The molecule has 3 aliphatic rings. The summed E-state index contributed by atoms with van der Waals surface area (Å²) in [6.45, 7) is 4.02. The van der Waals surface area contributed by atoms with E-state index in [1.54, 1.807) is 13.2 Å². The summed E-state index contributed by atoms with van der Waals surface area (Å²) in [4.78, 5) is 31.1. The molecule has 3 fully saturated rings. The third-order valence-corrected chi connectivity index (χ3v) is 6.40. The Hall–Kier alpha value is -2.19. The van der Waals surface area contributed by atoms with E-state index in [4.69, 9.17) is 4.74 Å². The molecule has 0 unspecified atom stereocenters. The average Bonchev–Trinajstić information content (AvgIpc) is 2.94. The van der Waals surface area contributed by atoms with Gasteiger partial charge in [0.05, 0.1) is 13.8 Å². The standard InChI is InChI=1S/C21H29FN4O3/c1-29-18-6-5-17(22)13-16(18)14-24-9-11-25(12-10-24)15-26-19(27)21(23-20(26)28)7-3-2-4-8-21/h5-6,13H,2-4,7-12,14-15H2,1H3,(H,23,28). The van der Waals surface area contributed by atoms with Gasteiger partial charge in [-0.3, -0.25) is 14.6 Å². The van der Waals surface area contributed by atoms with Gasteiger partial charge in [0, 0.05) is 38.3 Å². The van der Waals surface area contributed by atoms with Crippen LogP contribution in [0, 0.1) is 5.82 Å². The van der Waals surface area contributed by atoms with E-state index in [0.717, 1.165) is 63.8 Å². The van der Waals surface area contributed by atoms with Crippen LogP contribution in [-0.4, -0.2) is 72.1 Å². The molecular formula is C21H29FN4O3. The maximum absolute atomic E-state index is 13.6. The number of ether oxygens (including phenoxy) is 1. The second kappa shape index (κ2) is 8.28. The van der Waals surface area contributed by atoms with E-state index < -0.39 is 5.54 Å². The van der Waals surface area contributed by atoms with E-state index in [1.807, 2.05) is 0 Å². The Bertz CT molecular complexity index is 773. The number of rotatable bonds is 5. The summed E-state index contributed by atoms with van der Waals surface area (Å²) in [6, 6.07) is 4.31. The van der Waals surface area contributed by atoms with Crippen LogP contribution in [0.2, 0.25) is 0 Å². The van der Waals surface area contributed by atoms with Crippen molar-refractivity contribution in [2.75, 3.05) is 40.0 Å². The molecule has 1 aromatic carbocycles. The Morgan fingerprint density at radius 2 is 1.76 bits per heavy atom. The van der Waals surface area contributed by atoms with Crippen molar-refractivity contribution in [1.82, 2.24) is 20.0 Å². The lowest BCUT2D eigenvalue weighted by molar-refractivity contribution is -0.134. The SMILES string of the molecule is COc1ccc(F)cc1CN1CCN(CN2C(=O)NC3(CCCCC3)C2=O)CC1. The largest absolute Gasteiger partial charge is 0.496 e. The van der Waals surface area contributed by atoms with Crippen molar-refractivity contribution in [3.05, 3.63) is 29.6 Å². The predicted molar refractivity (Wildman–Crippen MR) is 106 cm³/mol. The smallest absolute Gasteiger partial charge is 0.326 e. The molecule has 1 aromatic rings. The molecule has 0 radical (unpaired) electrons. The van der Waals surface area contributed by atoms with E-state index in [1.165, 1.54) is 17.0 Å². The molecule has 2 heterocycles. The van der Waals surface area contributed by atoms with Gasteiger partial charge in [0.15, 0.2) is 0 Å². The van der Waals surface area contributed by atoms with Crippen LogP contribution in [0.5, 0.6) is 5.75 Å². The number of urea groups is 1. The second-order valence-corrected chi connectivity index (χ2v) is 8.30. The highest BCUT2D eigenvalue weighted by Crippen LogP contribution is 2.33. The summed E-state index contributed by atoms with van der Waals surface area (Å²) in [5, 5.41) is 2.97. The number of nitrogens with zero attached hydrogens (tertiary/aromatic N) is 3. The molecule has 4 rings (SSSR count). The zero-order valence-electron chi connectivity index (χ0n) is 17.0. The summed E-state index contributed by atoms with van der Waals surface area (Å²) < 4.78 is 18.9. The Morgan fingerprint density at radius 3 is 2.45 bits per heavy atom. The van der Waals surface area contributed by atoms with Gasteiger partial charge in [-0.2, -0.15) is 0 Å². The summed E-state index contributed by atoms with van der Waals surface area (Å²) in [5.41, 5.74) is 0.166. The van der Waals surface area contributed by atoms with E-state index in [2.05, 4.69) is 15.1 Å². The molecule has 158 valence electrons. The lowest BCUT2D eigenvalue weighted by Crippen LogP contribution is -2.52. The molecule has 3 amide bonds. The Labute approximate surface area is 170 Å². The fourth-order valence-corrected chi connectivity index (χ4v) is 4.70. The average molecular weight is 404 g/mol. The number of hydrogen-bond donors (Lipinski definition) is 1. The monoisotopic (exact) mass is 404 g/mol. The highest BCUT2D eigenvalue weighted by molar-refractivity contribution is 6.07. The van der Waals surface area contributed by atoms with Crippen LogP contribution < -0.4 is 10.1 Å². The van der Waals surface area contributed by atoms with Gasteiger partial charge in [-0.25, -0.2) is 14.1 Å². The molecule has 2 saturated heterocycles. The Morgan fingerprint density at radius 1 is 1.07 bits per heavy atom. The minimum Gasteiger partial charge on any atom is -0.496 e. The summed E-state index contributed by atoms with van der Waals surface area (Å²) in [7, 11) is 1.59. The van der Waals surface area contributed by atoms with Gasteiger partial charge in [-0.15, -0.1) is 0 Å². The zero-order chi connectivity index (χ0) is 20.4. The number of imide groups is 1. The number of nitrogens with one attached hydrogen (secondary N) is 1. The topological polar surface area (TPSA) is 65.1 Å². The van der Waals surface area contributed by atoms with Gasteiger partial charge in [0.1, 0.15) is 17.1 Å². The van der Waals surface area contributed by atoms with Crippen molar-refractivity contribution in [2.45, 2.75) is 44.2 Å². The van der Waals surface area contributed by atoms with Crippen LogP contribution in [0.1, 0.15) is 37.7 Å². The van der Waals surface area contributed by atoms with Gasteiger partial charge in [-0.1, -0.05) is 19.3 Å². The first kappa shape index (κ1) is 20.1. The molecule has 1 N–H and O–H groups in total. The van der Waals surface area contributed by atoms with Crippen LogP contribution in [0.3, 0.4) is 0 Å². The van der Waals surface area contributed by atoms with Gasteiger partial charge >= 0.3 is 6.03 Å². The van der Waals surface area contributed by atoms with Crippen molar-refractivity contribution in [3.8, 4) is 5.75 Å².